The van der Waals surface area contributed by atoms with Crippen LogP contribution in [0.3, 0.4) is 0 Å². The molecule has 1 fully saturated rings. The Morgan fingerprint density at radius 3 is 3.00 bits per heavy atom. The van der Waals surface area contributed by atoms with Crippen LogP contribution >= 0.6 is 0 Å². The summed E-state index contributed by atoms with van der Waals surface area (Å²) < 4.78 is 7.59. The molecule has 0 saturated carbocycles. The van der Waals surface area contributed by atoms with E-state index < -0.39 is 0 Å². The molecule has 0 spiro atoms. The maximum absolute atomic E-state index is 13.2. The highest BCUT2D eigenvalue weighted by Gasteiger charge is 2.39. The predicted molar refractivity (Wildman–Crippen MR) is 115 cm³/mol. The Labute approximate surface area is 181 Å². The number of aromatic nitrogens is 4. The molecule has 1 N–H and O–H groups in total. The van der Waals surface area contributed by atoms with Crippen molar-refractivity contribution in [1.29, 1.82) is 0 Å². The van der Waals surface area contributed by atoms with Crippen molar-refractivity contribution in [3.05, 3.63) is 47.7 Å². The van der Waals surface area contributed by atoms with Gasteiger partial charge in [0.2, 0.25) is 11.7 Å². The Kier molecular flexibility index (Phi) is 5.07. The molecule has 31 heavy (non-hydrogen) atoms. The standard InChI is InChI=1S/C22H27N7O2/c1-14(23-10-12-27(2)3)21-25-20(26-31-21)18-19-17-9-6-11-28(17)22(30)15-7-4-5-8-16(15)29(19)13-24-18/h4-5,7-8,13-14,17,23H,6,9-12H2,1-3H3/t14?,17-/m0/s1. The summed E-state index contributed by atoms with van der Waals surface area (Å²) in [6.45, 7) is 4.49. The van der Waals surface area contributed by atoms with Crippen LogP contribution in [0.4, 0.5) is 0 Å². The number of rotatable bonds is 6. The fourth-order valence-electron chi connectivity index (χ4n) is 4.45. The molecule has 2 aliphatic heterocycles. The van der Waals surface area contributed by atoms with E-state index in [0.717, 1.165) is 43.9 Å². The van der Waals surface area contributed by atoms with Gasteiger partial charge in [0.05, 0.1) is 29.0 Å². The van der Waals surface area contributed by atoms with Crippen molar-refractivity contribution >= 4 is 5.91 Å². The number of hydrogen-bond acceptors (Lipinski definition) is 7. The van der Waals surface area contributed by atoms with Crippen LogP contribution in [0.1, 0.15) is 53.8 Å². The highest BCUT2D eigenvalue weighted by Crippen LogP contribution is 2.41. The van der Waals surface area contributed by atoms with Crippen LogP contribution in [0.5, 0.6) is 0 Å². The number of nitrogens with zero attached hydrogens (tertiary/aromatic N) is 6. The quantitative estimate of drug-likeness (QED) is 0.653. The summed E-state index contributed by atoms with van der Waals surface area (Å²) in [6, 6.07) is 7.58. The number of imidazole rings is 1. The molecule has 1 amide bonds. The van der Waals surface area contributed by atoms with E-state index in [1.807, 2.05) is 54.8 Å². The number of hydrogen-bond donors (Lipinski definition) is 1. The second-order valence-electron chi connectivity index (χ2n) is 8.46. The highest BCUT2D eigenvalue weighted by molar-refractivity contribution is 5.99. The van der Waals surface area contributed by atoms with Gasteiger partial charge in [0.25, 0.3) is 5.91 Å². The van der Waals surface area contributed by atoms with Crippen LogP contribution in [0, 0.1) is 0 Å². The molecule has 4 heterocycles. The molecule has 1 saturated heterocycles. The lowest BCUT2D eigenvalue weighted by Gasteiger charge is -2.22. The molecule has 9 heteroatoms. The van der Waals surface area contributed by atoms with Crippen LogP contribution < -0.4 is 5.32 Å². The topological polar surface area (TPSA) is 92.3 Å². The molecular formula is C22H27N7O2. The fraction of sp³-hybridized carbons (Fsp3) is 0.455. The number of nitrogens with one attached hydrogen (secondary N) is 1. The van der Waals surface area contributed by atoms with E-state index in [4.69, 9.17) is 4.52 Å². The SMILES string of the molecule is CC(NCCN(C)C)c1nc(-c2ncn3c2[C@@H]2CCCN2C(=O)c2ccccc2-3)no1. The maximum Gasteiger partial charge on any atom is 0.256 e. The van der Waals surface area contributed by atoms with Crippen molar-refractivity contribution in [3.63, 3.8) is 0 Å². The minimum atomic E-state index is -0.0623. The van der Waals surface area contributed by atoms with Gasteiger partial charge in [-0.2, -0.15) is 4.98 Å². The number of likely N-dealkylation sites (N-methyl/N-ethyl adjacent to an activating group) is 1. The van der Waals surface area contributed by atoms with E-state index in [1.54, 1.807) is 6.33 Å². The van der Waals surface area contributed by atoms with Gasteiger partial charge in [-0.1, -0.05) is 17.3 Å². The van der Waals surface area contributed by atoms with Gasteiger partial charge >= 0.3 is 0 Å². The van der Waals surface area contributed by atoms with Crippen molar-refractivity contribution in [1.82, 2.24) is 34.8 Å². The predicted octanol–water partition coefficient (Wildman–Crippen LogP) is 2.43. The third-order valence-electron chi connectivity index (χ3n) is 6.06. The maximum atomic E-state index is 13.2. The molecule has 1 aromatic carbocycles. The van der Waals surface area contributed by atoms with Crippen molar-refractivity contribution in [3.8, 4) is 17.2 Å². The lowest BCUT2D eigenvalue weighted by Crippen LogP contribution is -2.29. The van der Waals surface area contributed by atoms with Crippen molar-refractivity contribution in [2.45, 2.75) is 31.8 Å². The molecule has 3 aromatic rings. The Bertz CT molecular complexity index is 1100. The number of benzene rings is 1. The van der Waals surface area contributed by atoms with Crippen molar-refractivity contribution in [2.24, 2.45) is 0 Å². The van der Waals surface area contributed by atoms with E-state index in [0.29, 0.717) is 23.0 Å². The summed E-state index contributed by atoms with van der Waals surface area (Å²) in [5.41, 5.74) is 3.18. The smallest absolute Gasteiger partial charge is 0.256 e. The number of fused-ring (bicyclic) bond motifs is 5. The molecule has 2 atom stereocenters. The molecule has 0 radical (unpaired) electrons. The van der Waals surface area contributed by atoms with Crippen molar-refractivity contribution < 1.29 is 9.32 Å². The van der Waals surface area contributed by atoms with Gasteiger partial charge < -0.3 is 19.6 Å². The minimum absolute atomic E-state index is 0.0463. The fourth-order valence-corrected chi connectivity index (χ4v) is 4.45. The summed E-state index contributed by atoms with van der Waals surface area (Å²) in [7, 11) is 4.08. The van der Waals surface area contributed by atoms with Crippen LogP contribution in [0.15, 0.2) is 35.1 Å². The third kappa shape index (κ3) is 3.43. The average molecular weight is 422 g/mol. The second kappa shape index (κ2) is 7.90. The monoisotopic (exact) mass is 421 g/mol. The van der Waals surface area contributed by atoms with Crippen LogP contribution in [0.2, 0.25) is 0 Å². The van der Waals surface area contributed by atoms with Gasteiger partial charge in [0.1, 0.15) is 12.0 Å². The molecule has 1 unspecified atom stereocenters. The van der Waals surface area contributed by atoms with Gasteiger partial charge in [-0.3, -0.25) is 9.36 Å². The van der Waals surface area contributed by atoms with Crippen LogP contribution in [0.25, 0.3) is 17.2 Å². The Balaban J connectivity index is 1.51. The van der Waals surface area contributed by atoms with Crippen LogP contribution in [-0.2, 0) is 0 Å². The van der Waals surface area contributed by atoms with Gasteiger partial charge in [-0.05, 0) is 46.0 Å². The molecule has 0 bridgehead atoms. The first-order valence-corrected chi connectivity index (χ1v) is 10.7. The van der Waals surface area contributed by atoms with E-state index in [-0.39, 0.29) is 18.0 Å². The zero-order valence-corrected chi connectivity index (χ0v) is 18.1. The largest absolute Gasteiger partial charge is 0.337 e. The average Bonchev–Trinajstić information content (AvgIpc) is 3.49. The summed E-state index contributed by atoms with van der Waals surface area (Å²) in [6.07, 6.45) is 3.63. The molecule has 0 aliphatic carbocycles. The molecule has 5 rings (SSSR count). The van der Waals surface area contributed by atoms with Gasteiger partial charge in [0, 0.05) is 19.6 Å². The van der Waals surface area contributed by atoms with E-state index in [1.165, 1.54) is 0 Å². The van der Waals surface area contributed by atoms with E-state index >= 15 is 0 Å². The Hall–Kier alpha value is -3.04. The highest BCUT2D eigenvalue weighted by atomic mass is 16.5. The number of amides is 1. The summed E-state index contributed by atoms with van der Waals surface area (Å²) >= 11 is 0. The summed E-state index contributed by atoms with van der Waals surface area (Å²) in [5, 5.41) is 7.64. The Morgan fingerprint density at radius 2 is 2.16 bits per heavy atom. The summed E-state index contributed by atoms with van der Waals surface area (Å²) in [4.78, 5) is 26.6. The lowest BCUT2D eigenvalue weighted by atomic mass is 10.1. The van der Waals surface area contributed by atoms with Gasteiger partial charge in [0.15, 0.2) is 0 Å². The molecule has 2 aromatic heterocycles. The first-order chi connectivity index (χ1) is 15.0. The normalized spacial score (nSPS) is 18.6. The number of carbonyl (C=O) groups is 1. The van der Waals surface area contributed by atoms with Crippen LogP contribution in [-0.4, -0.2) is 69.1 Å². The van der Waals surface area contributed by atoms with Crippen molar-refractivity contribution in [2.75, 3.05) is 33.7 Å². The molecule has 2 aliphatic rings. The van der Waals surface area contributed by atoms with Gasteiger partial charge in [-0.25, -0.2) is 4.98 Å². The summed E-state index contributed by atoms with van der Waals surface area (Å²) in [5.74, 6) is 1.06. The first kappa shape index (κ1) is 19.9. The Morgan fingerprint density at radius 1 is 1.32 bits per heavy atom. The third-order valence-corrected chi connectivity index (χ3v) is 6.06. The minimum Gasteiger partial charge on any atom is -0.337 e. The van der Waals surface area contributed by atoms with Gasteiger partial charge in [-0.15, -0.1) is 0 Å². The van der Waals surface area contributed by atoms with E-state index in [9.17, 15) is 4.79 Å². The lowest BCUT2D eigenvalue weighted by molar-refractivity contribution is 0.0739. The first-order valence-electron chi connectivity index (χ1n) is 10.7. The zero-order chi connectivity index (χ0) is 21.5. The molecule has 162 valence electrons. The number of para-hydroxylation sites is 1. The van der Waals surface area contributed by atoms with E-state index in [2.05, 4.69) is 25.3 Å². The molecular weight excluding hydrogens is 394 g/mol. The molecule has 9 nitrogen and oxygen atoms in total. The number of carbonyl (C=O) groups excluding carboxylic acids is 1. The zero-order valence-electron chi connectivity index (χ0n) is 18.1. The second-order valence-corrected chi connectivity index (χ2v) is 8.46.